The molecular formula is C24H26F3N5O2. The van der Waals surface area contributed by atoms with Gasteiger partial charge in [-0.1, -0.05) is 18.6 Å². The van der Waals surface area contributed by atoms with Gasteiger partial charge in [-0.3, -0.25) is 9.69 Å². The van der Waals surface area contributed by atoms with Gasteiger partial charge in [-0.05, 0) is 61.8 Å². The van der Waals surface area contributed by atoms with Crippen molar-refractivity contribution in [2.75, 3.05) is 20.1 Å². The van der Waals surface area contributed by atoms with Gasteiger partial charge < -0.3 is 20.8 Å². The molecule has 3 aromatic rings. The first-order valence-corrected chi connectivity index (χ1v) is 11.0. The third-order valence-corrected chi connectivity index (χ3v) is 5.75. The summed E-state index contributed by atoms with van der Waals surface area (Å²) in [4.78, 5) is 21.1. The van der Waals surface area contributed by atoms with Gasteiger partial charge in [0.15, 0.2) is 11.7 Å². The minimum atomic E-state index is -4.61. The van der Waals surface area contributed by atoms with E-state index >= 15 is 0 Å². The van der Waals surface area contributed by atoms with Gasteiger partial charge in [-0.15, -0.1) is 0 Å². The van der Waals surface area contributed by atoms with Crippen LogP contribution < -0.4 is 15.8 Å². The maximum absolute atomic E-state index is 13.6. The molecular weight excluding hydrogens is 447 g/mol. The van der Waals surface area contributed by atoms with E-state index in [1.807, 2.05) is 18.2 Å². The third kappa shape index (κ3) is 5.33. The van der Waals surface area contributed by atoms with Gasteiger partial charge in [0.1, 0.15) is 11.4 Å². The quantitative estimate of drug-likeness (QED) is 0.371. The number of aromatic nitrogens is 1. The van der Waals surface area contributed by atoms with E-state index in [0.29, 0.717) is 5.75 Å². The standard InChI is InChI=1S/C24H26F3N5O2/c1-29-23(28)31-22(33)19-13-17-18(24(25,26)27)8-9-20(21(17)30-19)34-16-7-5-6-15(12-16)14-32-10-3-2-4-11-32/h5-9,12-13,30H,2-4,10-11,14H2,1H3,(H3,28,29,31,33). The van der Waals surface area contributed by atoms with Crippen LogP contribution in [0, 0.1) is 0 Å². The topological polar surface area (TPSA) is 95.7 Å². The third-order valence-electron chi connectivity index (χ3n) is 5.75. The second-order valence-corrected chi connectivity index (χ2v) is 8.22. The van der Waals surface area contributed by atoms with Gasteiger partial charge in [0, 0.05) is 19.0 Å². The van der Waals surface area contributed by atoms with Crippen molar-refractivity contribution >= 4 is 22.8 Å². The highest BCUT2D eigenvalue weighted by Gasteiger charge is 2.34. The van der Waals surface area contributed by atoms with Crippen molar-refractivity contribution in [1.82, 2.24) is 15.2 Å². The second-order valence-electron chi connectivity index (χ2n) is 8.22. The molecule has 0 spiro atoms. The number of ether oxygens (including phenoxy) is 1. The molecule has 4 N–H and O–H groups in total. The van der Waals surface area contributed by atoms with Gasteiger partial charge >= 0.3 is 6.18 Å². The van der Waals surface area contributed by atoms with Crippen LogP contribution in [-0.2, 0) is 12.7 Å². The molecule has 1 aliphatic rings. The van der Waals surface area contributed by atoms with E-state index in [1.54, 1.807) is 6.07 Å². The zero-order chi connectivity index (χ0) is 24.3. The minimum Gasteiger partial charge on any atom is -0.455 e. The number of piperidine rings is 1. The summed E-state index contributed by atoms with van der Waals surface area (Å²) in [5.41, 5.74) is 5.61. The number of fused-ring (bicyclic) bond motifs is 1. The van der Waals surface area contributed by atoms with Crippen LogP contribution in [0.15, 0.2) is 47.5 Å². The summed E-state index contributed by atoms with van der Waals surface area (Å²) in [6.07, 6.45) is -1.01. The predicted octanol–water partition coefficient (Wildman–Crippen LogP) is 4.64. The molecule has 1 aromatic heterocycles. The van der Waals surface area contributed by atoms with Gasteiger partial charge in [0.05, 0.1) is 11.1 Å². The van der Waals surface area contributed by atoms with Crippen molar-refractivity contribution in [3.05, 3.63) is 59.3 Å². The molecule has 7 nitrogen and oxygen atoms in total. The van der Waals surface area contributed by atoms with E-state index in [1.165, 1.54) is 32.4 Å². The molecule has 4 rings (SSSR count). The first kappa shape index (κ1) is 23.6. The number of benzene rings is 2. The number of nitrogens with zero attached hydrogens (tertiary/aromatic N) is 2. The van der Waals surface area contributed by atoms with Gasteiger partial charge in [0.25, 0.3) is 5.91 Å². The molecule has 0 saturated carbocycles. The van der Waals surface area contributed by atoms with Crippen molar-refractivity contribution < 1.29 is 22.7 Å². The monoisotopic (exact) mass is 473 g/mol. The molecule has 180 valence electrons. The Balaban J connectivity index is 1.67. The van der Waals surface area contributed by atoms with Crippen molar-refractivity contribution in [3.63, 3.8) is 0 Å². The lowest BCUT2D eigenvalue weighted by Gasteiger charge is -2.26. The van der Waals surface area contributed by atoms with Crippen LogP contribution in [0.3, 0.4) is 0 Å². The number of carbonyl (C=O) groups is 1. The van der Waals surface area contributed by atoms with Crippen LogP contribution in [0.4, 0.5) is 13.2 Å². The van der Waals surface area contributed by atoms with Gasteiger partial charge in [-0.25, -0.2) is 0 Å². The first-order chi connectivity index (χ1) is 16.2. The molecule has 1 aliphatic heterocycles. The molecule has 2 heterocycles. The van der Waals surface area contributed by atoms with Crippen molar-refractivity contribution in [2.24, 2.45) is 10.7 Å². The number of H-pyrrole nitrogens is 1. The Labute approximate surface area is 194 Å². The zero-order valence-electron chi connectivity index (χ0n) is 18.7. The summed E-state index contributed by atoms with van der Waals surface area (Å²) >= 11 is 0. The molecule has 0 atom stereocenters. The number of amides is 1. The largest absolute Gasteiger partial charge is 0.455 e. The van der Waals surface area contributed by atoms with Gasteiger partial charge in [0.2, 0.25) is 0 Å². The number of nitrogens with two attached hydrogens (primary N) is 1. The number of nitrogens with one attached hydrogen (secondary N) is 2. The summed E-state index contributed by atoms with van der Waals surface area (Å²) in [7, 11) is 1.48. The maximum atomic E-state index is 13.6. The molecule has 2 aromatic carbocycles. The number of likely N-dealkylation sites (tertiary alicyclic amines) is 1. The lowest BCUT2D eigenvalue weighted by Crippen LogP contribution is -2.29. The highest BCUT2D eigenvalue weighted by Crippen LogP contribution is 2.40. The number of hydrogen-bond donors (Lipinski definition) is 3. The van der Waals surface area contributed by atoms with Crippen LogP contribution in [0.2, 0.25) is 0 Å². The number of rotatable bonds is 5. The fourth-order valence-electron chi connectivity index (χ4n) is 4.08. The fourth-order valence-corrected chi connectivity index (χ4v) is 4.08. The summed E-state index contributed by atoms with van der Waals surface area (Å²) in [6, 6.07) is 10.8. The van der Waals surface area contributed by atoms with E-state index in [2.05, 4.69) is 20.2 Å². The molecule has 1 saturated heterocycles. The average Bonchev–Trinajstić information content (AvgIpc) is 3.25. The molecule has 34 heavy (non-hydrogen) atoms. The van der Waals surface area contributed by atoms with E-state index < -0.39 is 17.6 Å². The van der Waals surface area contributed by atoms with Crippen molar-refractivity contribution in [3.8, 4) is 11.5 Å². The number of carbonyl (C=O) groups excluding carboxylic acids is 1. The Hall–Kier alpha value is -3.53. The predicted molar refractivity (Wildman–Crippen MR) is 124 cm³/mol. The molecule has 0 unspecified atom stereocenters. The highest BCUT2D eigenvalue weighted by molar-refractivity contribution is 6.05. The zero-order valence-corrected chi connectivity index (χ0v) is 18.7. The highest BCUT2D eigenvalue weighted by atomic mass is 19.4. The normalized spacial score (nSPS) is 15.5. The lowest BCUT2D eigenvalue weighted by molar-refractivity contribution is -0.136. The molecule has 0 bridgehead atoms. The Bertz CT molecular complexity index is 1210. The van der Waals surface area contributed by atoms with E-state index in [4.69, 9.17) is 10.5 Å². The first-order valence-electron chi connectivity index (χ1n) is 11.0. The molecule has 10 heteroatoms. The Morgan fingerprint density at radius 3 is 2.65 bits per heavy atom. The Kier molecular flexibility index (Phi) is 6.78. The van der Waals surface area contributed by atoms with Crippen LogP contribution in [0.25, 0.3) is 10.9 Å². The Morgan fingerprint density at radius 2 is 1.94 bits per heavy atom. The number of aliphatic imine (C=N–C) groups is 1. The molecule has 1 amide bonds. The van der Waals surface area contributed by atoms with Crippen LogP contribution in [0.5, 0.6) is 11.5 Å². The number of halogens is 3. The van der Waals surface area contributed by atoms with Crippen LogP contribution >= 0.6 is 0 Å². The smallest absolute Gasteiger partial charge is 0.417 e. The lowest BCUT2D eigenvalue weighted by atomic mass is 10.1. The van der Waals surface area contributed by atoms with Crippen molar-refractivity contribution in [1.29, 1.82) is 0 Å². The molecule has 0 aliphatic carbocycles. The second kappa shape index (κ2) is 9.76. The fraction of sp³-hybridized carbons (Fsp3) is 0.333. The van der Waals surface area contributed by atoms with Gasteiger partial charge in [-0.2, -0.15) is 18.2 Å². The number of guanidine groups is 1. The summed E-state index contributed by atoms with van der Waals surface area (Å²) in [5, 5.41) is 2.31. The number of aromatic amines is 1. The van der Waals surface area contributed by atoms with E-state index in [-0.39, 0.29) is 28.3 Å². The number of hydrogen-bond acceptors (Lipinski definition) is 3. The summed E-state index contributed by atoms with van der Waals surface area (Å²) < 4.78 is 46.9. The maximum Gasteiger partial charge on any atom is 0.417 e. The Morgan fingerprint density at radius 1 is 1.18 bits per heavy atom. The molecule has 1 fully saturated rings. The molecule has 0 radical (unpaired) electrons. The van der Waals surface area contributed by atoms with E-state index in [9.17, 15) is 18.0 Å². The average molecular weight is 473 g/mol. The minimum absolute atomic E-state index is 0.0536. The van der Waals surface area contributed by atoms with Crippen molar-refractivity contribution in [2.45, 2.75) is 32.0 Å². The number of alkyl halides is 3. The van der Waals surface area contributed by atoms with Crippen LogP contribution in [0.1, 0.15) is 40.9 Å². The summed E-state index contributed by atoms with van der Waals surface area (Å²) in [5.74, 6) is -0.286. The van der Waals surface area contributed by atoms with Crippen LogP contribution in [-0.4, -0.2) is 41.9 Å². The van der Waals surface area contributed by atoms with E-state index in [0.717, 1.165) is 37.3 Å². The summed E-state index contributed by atoms with van der Waals surface area (Å²) in [6.45, 7) is 2.88. The SMILES string of the molecule is CNC(N)=NC(=O)c1cc2c(C(F)(F)F)ccc(Oc3cccc(CN4CCCCC4)c3)c2[nH]1.